The molecule has 1 aliphatic carbocycles. The van der Waals surface area contributed by atoms with Crippen molar-refractivity contribution in [2.75, 3.05) is 25.1 Å². The molecular weight excluding hydrogens is 464 g/mol. The van der Waals surface area contributed by atoms with Gasteiger partial charge in [-0.1, -0.05) is 27.2 Å². The molecule has 0 radical (unpaired) electrons. The van der Waals surface area contributed by atoms with Gasteiger partial charge in [-0.2, -0.15) is 0 Å². The van der Waals surface area contributed by atoms with Gasteiger partial charge in [0.1, 0.15) is 5.00 Å². The number of thiophene rings is 1. The Kier molecular flexibility index (Phi) is 8.70. The van der Waals surface area contributed by atoms with Gasteiger partial charge >= 0.3 is 0 Å². The number of benzene rings is 1. The molecule has 1 atom stereocenters. The molecule has 1 unspecified atom stereocenters. The fraction of sp³-hybridized carbons (Fsp3) is 0.556. The van der Waals surface area contributed by atoms with Crippen LogP contribution in [0.25, 0.3) is 0 Å². The molecule has 1 heterocycles. The van der Waals surface area contributed by atoms with Crippen molar-refractivity contribution in [3.8, 4) is 17.2 Å². The van der Waals surface area contributed by atoms with Crippen LogP contribution in [0.5, 0.6) is 17.2 Å². The van der Waals surface area contributed by atoms with E-state index in [1.54, 1.807) is 12.1 Å². The van der Waals surface area contributed by atoms with Gasteiger partial charge in [-0.25, -0.2) is 0 Å². The van der Waals surface area contributed by atoms with Crippen molar-refractivity contribution in [1.29, 1.82) is 0 Å². The molecule has 0 saturated heterocycles. The molecule has 35 heavy (non-hydrogen) atoms. The van der Waals surface area contributed by atoms with Crippen LogP contribution in [0.15, 0.2) is 12.1 Å². The van der Waals surface area contributed by atoms with Crippen LogP contribution in [0.4, 0.5) is 5.00 Å². The summed E-state index contributed by atoms with van der Waals surface area (Å²) in [5, 5.41) is 3.46. The number of anilines is 1. The quantitative estimate of drug-likeness (QED) is 0.402. The summed E-state index contributed by atoms with van der Waals surface area (Å²) in [6.45, 7) is 13.7. The van der Waals surface area contributed by atoms with Crippen molar-refractivity contribution < 1.29 is 23.8 Å². The normalized spacial score (nSPS) is 15.3. The summed E-state index contributed by atoms with van der Waals surface area (Å²) in [5.41, 5.74) is 7.77. The fourth-order valence-corrected chi connectivity index (χ4v) is 5.91. The van der Waals surface area contributed by atoms with Crippen molar-refractivity contribution in [3.63, 3.8) is 0 Å². The monoisotopic (exact) mass is 502 g/mol. The van der Waals surface area contributed by atoms with Gasteiger partial charge in [0.05, 0.1) is 25.4 Å². The van der Waals surface area contributed by atoms with E-state index in [1.165, 1.54) is 11.3 Å². The minimum Gasteiger partial charge on any atom is -0.490 e. The Bertz CT molecular complexity index is 1050. The minimum absolute atomic E-state index is 0.214. The van der Waals surface area contributed by atoms with Crippen LogP contribution in [0, 0.1) is 11.3 Å². The van der Waals surface area contributed by atoms with Gasteiger partial charge in [-0.3, -0.25) is 9.59 Å². The second-order valence-electron chi connectivity index (χ2n) is 9.41. The van der Waals surface area contributed by atoms with Crippen LogP contribution < -0.4 is 25.3 Å². The molecule has 0 saturated carbocycles. The predicted molar refractivity (Wildman–Crippen MR) is 140 cm³/mol. The zero-order chi connectivity index (χ0) is 25.8. The standard InChI is InChI=1S/C27H38N2O5S/c1-7-27(5,6)17-11-12-18-21(15-17)35-26(22(18)24(28)30)29-25(31)16-13-19(32-8-2)23(34-10-4)20(14-16)33-9-3/h13-14,17H,7-12,15H2,1-6H3,(H2,28,30)(H,29,31). The molecular formula is C27H38N2O5S. The first-order valence-corrected chi connectivity index (χ1v) is 13.3. The highest BCUT2D eigenvalue weighted by molar-refractivity contribution is 7.17. The van der Waals surface area contributed by atoms with E-state index in [0.717, 1.165) is 36.1 Å². The Morgan fingerprint density at radius 2 is 1.66 bits per heavy atom. The van der Waals surface area contributed by atoms with E-state index in [0.29, 0.717) is 59.1 Å². The first kappa shape index (κ1) is 26.9. The Labute approximate surface area is 212 Å². The molecule has 2 amide bonds. The van der Waals surface area contributed by atoms with Gasteiger partial charge in [0.25, 0.3) is 11.8 Å². The van der Waals surface area contributed by atoms with Crippen molar-refractivity contribution in [1.82, 2.24) is 0 Å². The third kappa shape index (κ3) is 5.74. The van der Waals surface area contributed by atoms with Crippen molar-refractivity contribution in [2.45, 2.75) is 67.2 Å². The third-order valence-electron chi connectivity index (χ3n) is 6.93. The molecule has 0 bridgehead atoms. The number of hydrogen-bond donors (Lipinski definition) is 2. The van der Waals surface area contributed by atoms with Crippen molar-refractivity contribution in [2.24, 2.45) is 17.1 Å². The second kappa shape index (κ2) is 11.3. The van der Waals surface area contributed by atoms with Gasteiger partial charge in [0.15, 0.2) is 11.5 Å². The van der Waals surface area contributed by atoms with E-state index in [9.17, 15) is 9.59 Å². The lowest BCUT2D eigenvalue weighted by Gasteiger charge is -2.36. The highest BCUT2D eigenvalue weighted by atomic mass is 32.1. The maximum absolute atomic E-state index is 13.3. The fourth-order valence-electron chi connectivity index (χ4n) is 4.59. The molecule has 0 fully saturated rings. The van der Waals surface area contributed by atoms with E-state index in [1.807, 2.05) is 20.8 Å². The number of primary amides is 1. The van der Waals surface area contributed by atoms with Crippen LogP contribution in [0.3, 0.4) is 0 Å². The van der Waals surface area contributed by atoms with Crippen molar-refractivity contribution >= 4 is 28.2 Å². The summed E-state index contributed by atoms with van der Waals surface area (Å²) in [4.78, 5) is 26.9. The topological polar surface area (TPSA) is 99.9 Å². The number of nitrogens with one attached hydrogen (secondary N) is 1. The van der Waals surface area contributed by atoms with Gasteiger partial charge < -0.3 is 25.3 Å². The van der Waals surface area contributed by atoms with Gasteiger partial charge in [-0.05, 0) is 69.1 Å². The molecule has 3 N–H and O–H groups in total. The molecule has 1 aromatic heterocycles. The lowest BCUT2D eigenvalue weighted by atomic mass is 9.69. The van der Waals surface area contributed by atoms with Crippen LogP contribution in [-0.2, 0) is 12.8 Å². The number of carbonyl (C=O) groups excluding carboxylic acids is 2. The minimum atomic E-state index is -0.511. The second-order valence-corrected chi connectivity index (χ2v) is 10.5. The smallest absolute Gasteiger partial charge is 0.256 e. The first-order chi connectivity index (χ1) is 16.7. The predicted octanol–water partition coefficient (Wildman–Crippen LogP) is 5.84. The Morgan fingerprint density at radius 1 is 1.06 bits per heavy atom. The van der Waals surface area contributed by atoms with Gasteiger partial charge in [0.2, 0.25) is 5.75 Å². The summed E-state index contributed by atoms with van der Waals surface area (Å²) in [6, 6.07) is 3.28. The molecule has 2 aromatic rings. The largest absolute Gasteiger partial charge is 0.490 e. The average molecular weight is 503 g/mol. The lowest BCUT2D eigenvalue weighted by Crippen LogP contribution is -2.29. The highest BCUT2D eigenvalue weighted by Gasteiger charge is 2.35. The van der Waals surface area contributed by atoms with Crippen LogP contribution in [0.1, 0.15) is 85.5 Å². The molecule has 0 spiro atoms. The summed E-state index contributed by atoms with van der Waals surface area (Å²) in [5.74, 6) is 1.01. The molecule has 3 rings (SSSR count). The van der Waals surface area contributed by atoms with Crippen LogP contribution in [0.2, 0.25) is 0 Å². The average Bonchev–Trinajstić information content (AvgIpc) is 3.18. The van der Waals surface area contributed by atoms with E-state index < -0.39 is 5.91 Å². The number of amides is 2. The van der Waals surface area contributed by atoms with Crippen LogP contribution >= 0.6 is 11.3 Å². The number of rotatable bonds is 11. The number of carbonyl (C=O) groups is 2. The Morgan fingerprint density at radius 3 is 2.17 bits per heavy atom. The summed E-state index contributed by atoms with van der Waals surface area (Å²) in [6.07, 6.45) is 3.78. The number of fused-ring (bicyclic) bond motifs is 1. The number of hydrogen-bond acceptors (Lipinski definition) is 6. The SMILES string of the molecule is CCOc1cc(C(=O)Nc2sc3c(c2C(N)=O)CCC(C(C)(C)CC)C3)cc(OCC)c1OCC. The molecule has 1 aromatic carbocycles. The van der Waals surface area contributed by atoms with E-state index >= 15 is 0 Å². The molecule has 0 aliphatic heterocycles. The molecule has 192 valence electrons. The Hall–Kier alpha value is -2.74. The summed E-state index contributed by atoms with van der Waals surface area (Å²) in [7, 11) is 0. The number of ether oxygens (including phenoxy) is 3. The highest BCUT2D eigenvalue weighted by Crippen LogP contribution is 2.46. The number of nitrogens with two attached hydrogens (primary N) is 1. The first-order valence-electron chi connectivity index (χ1n) is 12.5. The summed E-state index contributed by atoms with van der Waals surface area (Å²) >= 11 is 1.46. The zero-order valence-corrected chi connectivity index (χ0v) is 22.5. The van der Waals surface area contributed by atoms with E-state index in [2.05, 4.69) is 26.1 Å². The van der Waals surface area contributed by atoms with E-state index in [4.69, 9.17) is 19.9 Å². The molecule has 7 nitrogen and oxygen atoms in total. The molecule has 8 heteroatoms. The van der Waals surface area contributed by atoms with E-state index in [-0.39, 0.29) is 11.3 Å². The maximum Gasteiger partial charge on any atom is 0.256 e. The van der Waals surface area contributed by atoms with Gasteiger partial charge in [0, 0.05) is 10.4 Å². The van der Waals surface area contributed by atoms with Gasteiger partial charge in [-0.15, -0.1) is 11.3 Å². The zero-order valence-electron chi connectivity index (χ0n) is 21.7. The lowest BCUT2D eigenvalue weighted by molar-refractivity contribution is 0.0999. The Balaban J connectivity index is 1.96. The van der Waals surface area contributed by atoms with Crippen molar-refractivity contribution in [3.05, 3.63) is 33.7 Å². The summed E-state index contributed by atoms with van der Waals surface area (Å²) < 4.78 is 17.2. The van der Waals surface area contributed by atoms with Crippen LogP contribution in [-0.4, -0.2) is 31.6 Å². The maximum atomic E-state index is 13.3. The molecule has 1 aliphatic rings. The third-order valence-corrected chi connectivity index (χ3v) is 8.10.